The van der Waals surface area contributed by atoms with E-state index in [4.69, 9.17) is 12.6 Å². The van der Waals surface area contributed by atoms with E-state index >= 15 is 0 Å². The number of allylic oxidation sites excluding steroid dienone is 1. The lowest BCUT2D eigenvalue weighted by atomic mass is 9.46. The van der Waals surface area contributed by atoms with E-state index in [1.165, 1.54) is 24.8 Å². The number of aliphatic hydroxyl groups is 2. The van der Waals surface area contributed by atoms with Crippen molar-refractivity contribution in [3.63, 3.8) is 0 Å². The maximum atomic E-state index is 10.6. The fraction of sp³-hybridized carbons (Fsp3) is 0.905. The molecule has 0 amide bonds. The molecule has 3 saturated carbocycles. The Kier molecular flexibility index (Phi) is 5.06. The second-order valence-electron chi connectivity index (χ2n) is 9.55. The zero-order chi connectivity index (χ0) is 17.8. The molecule has 2 N–H and O–H groups in total. The SMILES string of the molecule is C[C@]12CC[C@@H]3[C@@H](CCC4=CC(O)CC[C@@]43CC(S)CS)[C@@H]1CCC2O. The Morgan fingerprint density at radius 2 is 1.92 bits per heavy atom. The summed E-state index contributed by atoms with van der Waals surface area (Å²) in [5.74, 6) is 2.94. The van der Waals surface area contributed by atoms with Crippen LogP contribution in [0.5, 0.6) is 0 Å². The van der Waals surface area contributed by atoms with Crippen molar-refractivity contribution < 1.29 is 10.2 Å². The molecule has 8 atom stereocenters. The van der Waals surface area contributed by atoms with Crippen molar-refractivity contribution in [2.24, 2.45) is 28.6 Å². The molecule has 4 aliphatic rings. The first kappa shape index (κ1) is 18.7. The molecule has 3 unspecified atom stereocenters. The van der Waals surface area contributed by atoms with E-state index in [-0.39, 0.29) is 23.0 Å². The van der Waals surface area contributed by atoms with Crippen LogP contribution in [0.1, 0.15) is 64.7 Å². The van der Waals surface area contributed by atoms with Gasteiger partial charge in [-0.3, -0.25) is 0 Å². The van der Waals surface area contributed by atoms with Crippen LogP contribution >= 0.6 is 25.3 Å². The highest BCUT2D eigenvalue weighted by atomic mass is 32.1. The van der Waals surface area contributed by atoms with Gasteiger partial charge in [-0.05, 0) is 86.4 Å². The fourth-order valence-corrected chi connectivity index (χ4v) is 7.80. The Bertz CT molecular complexity index is 550. The van der Waals surface area contributed by atoms with Gasteiger partial charge in [0.1, 0.15) is 0 Å². The van der Waals surface area contributed by atoms with Crippen molar-refractivity contribution in [1.82, 2.24) is 0 Å². The molecule has 4 aliphatic carbocycles. The highest BCUT2D eigenvalue weighted by Crippen LogP contribution is 2.66. The van der Waals surface area contributed by atoms with Crippen LogP contribution in [0, 0.1) is 28.6 Å². The molecule has 0 heterocycles. The zero-order valence-corrected chi connectivity index (χ0v) is 17.2. The highest BCUT2D eigenvalue weighted by Gasteiger charge is 2.59. The number of aliphatic hydroxyl groups excluding tert-OH is 2. The number of thiol groups is 2. The number of fused-ring (bicyclic) bond motifs is 5. The van der Waals surface area contributed by atoms with E-state index in [0.29, 0.717) is 17.1 Å². The summed E-state index contributed by atoms with van der Waals surface area (Å²) in [7, 11) is 0. The van der Waals surface area contributed by atoms with E-state index in [2.05, 4.69) is 25.6 Å². The Morgan fingerprint density at radius 1 is 1.12 bits per heavy atom. The normalized spacial score (nSPS) is 50.4. The van der Waals surface area contributed by atoms with Gasteiger partial charge in [0.15, 0.2) is 0 Å². The molecule has 0 spiro atoms. The third-order valence-corrected chi connectivity index (χ3v) is 9.67. The van der Waals surface area contributed by atoms with Gasteiger partial charge in [0.2, 0.25) is 0 Å². The molecule has 25 heavy (non-hydrogen) atoms. The molecule has 0 aromatic rings. The monoisotopic (exact) mass is 382 g/mol. The van der Waals surface area contributed by atoms with Crippen molar-refractivity contribution in [3.8, 4) is 0 Å². The first-order valence-electron chi connectivity index (χ1n) is 10.3. The fourth-order valence-electron chi connectivity index (χ4n) is 7.34. The molecule has 0 aromatic heterocycles. The molecule has 0 radical (unpaired) electrons. The van der Waals surface area contributed by atoms with Gasteiger partial charge < -0.3 is 10.2 Å². The zero-order valence-electron chi connectivity index (χ0n) is 15.4. The van der Waals surface area contributed by atoms with E-state index in [1.54, 1.807) is 0 Å². The predicted molar refractivity (Wildman–Crippen MR) is 109 cm³/mol. The highest BCUT2D eigenvalue weighted by molar-refractivity contribution is 7.84. The summed E-state index contributed by atoms with van der Waals surface area (Å²) in [6.45, 7) is 2.35. The largest absolute Gasteiger partial charge is 0.393 e. The van der Waals surface area contributed by atoms with Crippen LogP contribution in [0.4, 0.5) is 0 Å². The molecule has 0 bridgehead atoms. The average Bonchev–Trinajstić information content (AvgIpc) is 2.90. The maximum absolute atomic E-state index is 10.6. The smallest absolute Gasteiger partial charge is 0.0724 e. The summed E-state index contributed by atoms with van der Waals surface area (Å²) < 4.78 is 0. The molecule has 4 heteroatoms. The van der Waals surface area contributed by atoms with Crippen molar-refractivity contribution in [2.75, 3.05) is 5.75 Å². The van der Waals surface area contributed by atoms with Gasteiger partial charge in [0.25, 0.3) is 0 Å². The third-order valence-electron chi connectivity index (χ3n) is 8.57. The van der Waals surface area contributed by atoms with Crippen LogP contribution in [-0.2, 0) is 0 Å². The number of hydrogen-bond donors (Lipinski definition) is 4. The van der Waals surface area contributed by atoms with Crippen LogP contribution in [0.25, 0.3) is 0 Å². The van der Waals surface area contributed by atoms with E-state index in [9.17, 15) is 10.2 Å². The summed E-state index contributed by atoms with van der Waals surface area (Å²) in [5, 5.41) is 21.2. The Labute approximate surface area is 163 Å². The quantitative estimate of drug-likeness (QED) is 0.435. The maximum Gasteiger partial charge on any atom is 0.0724 e. The number of hydrogen-bond acceptors (Lipinski definition) is 4. The Balaban J connectivity index is 1.70. The lowest BCUT2D eigenvalue weighted by Crippen LogP contribution is -2.53. The second-order valence-corrected chi connectivity index (χ2v) is 10.6. The van der Waals surface area contributed by atoms with Crippen LogP contribution in [0.15, 0.2) is 11.6 Å². The van der Waals surface area contributed by atoms with Crippen LogP contribution in [-0.4, -0.2) is 33.4 Å². The van der Waals surface area contributed by atoms with E-state index in [0.717, 1.165) is 50.2 Å². The second kappa shape index (κ2) is 6.76. The molecular formula is C21H34O2S2. The Hall–Kier alpha value is 0.360. The summed E-state index contributed by atoms with van der Waals surface area (Å²) in [5.41, 5.74) is 1.89. The lowest BCUT2D eigenvalue weighted by molar-refractivity contribution is -0.0826. The average molecular weight is 383 g/mol. The minimum absolute atomic E-state index is 0.102. The number of rotatable bonds is 3. The van der Waals surface area contributed by atoms with Gasteiger partial charge in [0, 0.05) is 11.0 Å². The van der Waals surface area contributed by atoms with Gasteiger partial charge in [-0.15, -0.1) is 0 Å². The van der Waals surface area contributed by atoms with E-state index < -0.39 is 0 Å². The summed E-state index contributed by atoms with van der Waals surface area (Å²) in [4.78, 5) is 0. The predicted octanol–water partition coefficient (Wildman–Crippen LogP) is 4.27. The van der Waals surface area contributed by atoms with Crippen LogP contribution in [0.3, 0.4) is 0 Å². The molecule has 4 rings (SSSR count). The van der Waals surface area contributed by atoms with E-state index in [1.807, 2.05) is 0 Å². The van der Waals surface area contributed by atoms with Crippen LogP contribution in [0.2, 0.25) is 0 Å². The molecule has 2 nitrogen and oxygen atoms in total. The van der Waals surface area contributed by atoms with Crippen molar-refractivity contribution in [1.29, 1.82) is 0 Å². The van der Waals surface area contributed by atoms with Crippen molar-refractivity contribution in [3.05, 3.63) is 11.6 Å². The Morgan fingerprint density at radius 3 is 2.68 bits per heavy atom. The van der Waals surface area contributed by atoms with Crippen LogP contribution < -0.4 is 0 Å². The van der Waals surface area contributed by atoms with Gasteiger partial charge in [-0.25, -0.2) is 0 Å². The summed E-state index contributed by atoms with van der Waals surface area (Å²) in [6, 6.07) is 0. The first-order valence-corrected chi connectivity index (χ1v) is 11.4. The molecule has 0 aromatic carbocycles. The van der Waals surface area contributed by atoms with Gasteiger partial charge in [0.05, 0.1) is 12.2 Å². The molecule has 0 saturated heterocycles. The molecule has 3 fully saturated rings. The lowest BCUT2D eigenvalue weighted by Gasteiger charge is -2.59. The van der Waals surface area contributed by atoms with Crippen molar-refractivity contribution >= 4 is 25.3 Å². The minimum Gasteiger partial charge on any atom is -0.393 e. The summed E-state index contributed by atoms with van der Waals surface area (Å²) in [6.07, 6.45) is 11.9. The van der Waals surface area contributed by atoms with Gasteiger partial charge >= 0.3 is 0 Å². The molecule has 142 valence electrons. The van der Waals surface area contributed by atoms with Gasteiger partial charge in [-0.1, -0.05) is 18.6 Å². The van der Waals surface area contributed by atoms with Crippen molar-refractivity contribution in [2.45, 2.75) is 82.2 Å². The first-order chi connectivity index (χ1) is 11.9. The summed E-state index contributed by atoms with van der Waals surface area (Å²) >= 11 is 9.34. The molecular weight excluding hydrogens is 348 g/mol. The topological polar surface area (TPSA) is 40.5 Å². The standard InChI is InChI=1S/C21H34O2S2/c1-20-8-7-18-16(17(20)4-5-19(20)23)3-2-13-10-14(22)6-9-21(13,18)11-15(25)12-24/h10,14-19,22-25H,2-9,11-12H2,1H3/t14?,15?,16-,17-,18+,19?,20-,21+/m0/s1. The third kappa shape index (κ3) is 2.85. The van der Waals surface area contributed by atoms with Gasteiger partial charge in [-0.2, -0.15) is 25.3 Å². The minimum atomic E-state index is -0.254. The molecule has 0 aliphatic heterocycles.